The Kier molecular flexibility index (Phi) is 7.17. The first-order chi connectivity index (χ1) is 16.8. The van der Waals surface area contributed by atoms with E-state index in [-0.39, 0.29) is 28.9 Å². The minimum Gasteiger partial charge on any atom is -0.508 e. The van der Waals surface area contributed by atoms with Crippen molar-refractivity contribution < 1.29 is 19.8 Å². The highest BCUT2D eigenvalue weighted by atomic mass is 16.3. The van der Waals surface area contributed by atoms with Gasteiger partial charge in [0.25, 0.3) is 11.8 Å². The largest absolute Gasteiger partial charge is 0.508 e. The van der Waals surface area contributed by atoms with Crippen molar-refractivity contribution in [3.05, 3.63) is 101 Å². The fourth-order valence-electron chi connectivity index (χ4n) is 4.17. The van der Waals surface area contributed by atoms with Crippen molar-refractivity contribution in [2.75, 3.05) is 25.5 Å². The zero-order chi connectivity index (χ0) is 24.9. The van der Waals surface area contributed by atoms with Crippen molar-refractivity contribution in [3.63, 3.8) is 0 Å². The van der Waals surface area contributed by atoms with Gasteiger partial charge in [0.15, 0.2) is 0 Å². The van der Waals surface area contributed by atoms with Gasteiger partial charge < -0.3 is 24.9 Å². The molecule has 0 aliphatic carbocycles. The summed E-state index contributed by atoms with van der Waals surface area (Å²) in [6.45, 7) is 1.72. The Bertz CT molecular complexity index is 1250. The molecule has 180 valence electrons. The maximum Gasteiger partial charge on any atom is 0.258 e. The molecule has 0 aromatic heterocycles. The van der Waals surface area contributed by atoms with Gasteiger partial charge in [0.1, 0.15) is 11.5 Å². The third-order valence-corrected chi connectivity index (χ3v) is 5.93. The lowest BCUT2D eigenvalue weighted by Crippen LogP contribution is -2.30. The van der Waals surface area contributed by atoms with Crippen LogP contribution in [0.1, 0.15) is 27.0 Å². The number of hydrogen-bond donors (Lipinski definition) is 2. The van der Waals surface area contributed by atoms with Gasteiger partial charge in [-0.3, -0.25) is 9.59 Å². The smallest absolute Gasteiger partial charge is 0.258 e. The molecule has 0 radical (unpaired) electrons. The number of fused-ring (bicyclic) bond motifs is 1. The van der Waals surface area contributed by atoms with Crippen LogP contribution in [0.4, 0.5) is 5.69 Å². The molecule has 0 spiro atoms. The first-order valence-electron chi connectivity index (χ1n) is 11.4. The fraction of sp³-hybridized carbons (Fsp3) is 0.214. The first kappa shape index (κ1) is 24.0. The lowest BCUT2D eigenvalue weighted by Gasteiger charge is -2.24. The number of rotatable bonds is 7. The third-order valence-electron chi connectivity index (χ3n) is 5.93. The van der Waals surface area contributed by atoms with E-state index in [4.69, 9.17) is 0 Å². The molecular weight excluding hydrogens is 442 g/mol. The normalized spacial score (nSPS) is 12.8. The van der Waals surface area contributed by atoms with Crippen molar-refractivity contribution in [1.29, 1.82) is 0 Å². The minimum absolute atomic E-state index is 0.108. The van der Waals surface area contributed by atoms with E-state index in [1.54, 1.807) is 15.9 Å². The number of amides is 2. The van der Waals surface area contributed by atoms with Crippen LogP contribution in [0.15, 0.2) is 78.9 Å². The van der Waals surface area contributed by atoms with Crippen LogP contribution in [0.3, 0.4) is 0 Å². The van der Waals surface area contributed by atoms with E-state index in [1.807, 2.05) is 73.6 Å². The lowest BCUT2D eigenvalue weighted by atomic mass is 10.1. The standard InChI is InChI=1S/C28H29N3O4/c1-29(2)15-7-12-27(34)31(17-20-8-4-3-5-9-20)25-11-6-10-21-18-30(19-24(21)25)28(35)23-14-13-22(32)16-26(23)33/h3-14,16,32-33H,15,17-19H2,1-2H3/b12-7+. The molecule has 0 bridgehead atoms. The van der Waals surface area contributed by atoms with E-state index < -0.39 is 0 Å². The number of aromatic hydroxyl groups is 2. The Labute approximate surface area is 205 Å². The van der Waals surface area contributed by atoms with Gasteiger partial charge in [0.2, 0.25) is 0 Å². The molecule has 1 aliphatic heterocycles. The maximum atomic E-state index is 13.3. The van der Waals surface area contributed by atoms with Gasteiger partial charge in [-0.2, -0.15) is 0 Å². The summed E-state index contributed by atoms with van der Waals surface area (Å²) in [7, 11) is 3.89. The minimum atomic E-state index is -0.337. The Balaban J connectivity index is 1.64. The van der Waals surface area contributed by atoms with Gasteiger partial charge in [-0.1, -0.05) is 48.5 Å². The van der Waals surface area contributed by atoms with E-state index >= 15 is 0 Å². The Hall–Kier alpha value is -4.10. The van der Waals surface area contributed by atoms with Crippen molar-refractivity contribution >= 4 is 17.5 Å². The summed E-state index contributed by atoms with van der Waals surface area (Å²) in [6, 6.07) is 19.5. The molecule has 1 aliphatic rings. The summed E-state index contributed by atoms with van der Waals surface area (Å²) in [5.74, 6) is -0.844. The third kappa shape index (κ3) is 5.53. The molecule has 7 heteroatoms. The van der Waals surface area contributed by atoms with Crippen LogP contribution in [0.25, 0.3) is 0 Å². The van der Waals surface area contributed by atoms with Gasteiger partial charge in [0.05, 0.1) is 12.1 Å². The molecular formula is C28H29N3O4. The summed E-state index contributed by atoms with van der Waals surface area (Å²) in [4.78, 5) is 31.8. The summed E-state index contributed by atoms with van der Waals surface area (Å²) < 4.78 is 0. The van der Waals surface area contributed by atoms with Gasteiger partial charge in [-0.05, 0) is 43.4 Å². The number of carbonyl (C=O) groups is 2. The van der Waals surface area contributed by atoms with E-state index in [0.717, 1.165) is 28.4 Å². The maximum absolute atomic E-state index is 13.3. The molecule has 0 fully saturated rings. The van der Waals surface area contributed by atoms with E-state index in [1.165, 1.54) is 12.1 Å². The monoisotopic (exact) mass is 471 g/mol. The van der Waals surface area contributed by atoms with Crippen LogP contribution in [0, 0.1) is 0 Å². The number of anilines is 1. The van der Waals surface area contributed by atoms with Gasteiger partial charge in [0, 0.05) is 43.0 Å². The first-order valence-corrected chi connectivity index (χ1v) is 11.4. The number of likely N-dealkylation sites (N-methyl/N-ethyl adjacent to an activating group) is 1. The van der Waals surface area contributed by atoms with Crippen molar-refractivity contribution in [3.8, 4) is 11.5 Å². The zero-order valence-electron chi connectivity index (χ0n) is 19.9. The van der Waals surface area contributed by atoms with Crippen LogP contribution >= 0.6 is 0 Å². The quantitative estimate of drug-likeness (QED) is 0.511. The van der Waals surface area contributed by atoms with Crippen LogP contribution < -0.4 is 4.90 Å². The predicted molar refractivity (Wildman–Crippen MR) is 135 cm³/mol. The number of benzene rings is 3. The summed E-state index contributed by atoms with van der Waals surface area (Å²) in [6.07, 6.45) is 3.43. The SMILES string of the molecule is CN(C)C/C=C/C(=O)N(Cc1ccccc1)c1cccc2c1CN(C(=O)c1ccc(O)cc1O)C2. The Morgan fingerprint density at radius 1 is 0.971 bits per heavy atom. The van der Waals surface area contributed by atoms with Crippen LogP contribution in [-0.4, -0.2) is 52.5 Å². The molecule has 3 aromatic rings. The number of phenols is 2. The molecule has 0 atom stereocenters. The van der Waals surface area contributed by atoms with Gasteiger partial charge >= 0.3 is 0 Å². The number of hydrogen-bond acceptors (Lipinski definition) is 5. The van der Waals surface area contributed by atoms with Crippen molar-refractivity contribution in [2.45, 2.75) is 19.6 Å². The van der Waals surface area contributed by atoms with E-state index in [2.05, 4.69) is 0 Å². The summed E-state index contributed by atoms with van der Waals surface area (Å²) >= 11 is 0. The highest BCUT2D eigenvalue weighted by Crippen LogP contribution is 2.35. The van der Waals surface area contributed by atoms with Crippen LogP contribution in [-0.2, 0) is 24.4 Å². The molecule has 4 rings (SSSR count). The molecule has 7 nitrogen and oxygen atoms in total. The fourth-order valence-corrected chi connectivity index (χ4v) is 4.17. The van der Waals surface area contributed by atoms with Gasteiger partial charge in [-0.25, -0.2) is 0 Å². The summed E-state index contributed by atoms with van der Waals surface area (Å²) in [5.41, 5.74) is 3.75. The second-order valence-electron chi connectivity index (χ2n) is 8.85. The molecule has 2 N–H and O–H groups in total. The Morgan fingerprint density at radius 2 is 1.74 bits per heavy atom. The Morgan fingerprint density at radius 3 is 2.46 bits per heavy atom. The number of carbonyl (C=O) groups excluding carboxylic acids is 2. The van der Waals surface area contributed by atoms with E-state index in [9.17, 15) is 19.8 Å². The second kappa shape index (κ2) is 10.4. The van der Waals surface area contributed by atoms with Crippen molar-refractivity contribution in [1.82, 2.24) is 9.80 Å². The average Bonchev–Trinajstić information content (AvgIpc) is 3.27. The topological polar surface area (TPSA) is 84.3 Å². The molecule has 1 heterocycles. The molecule has 3 aromatic carbocycles. The number of nitrogens with zero attached hydrogens (tertiary/aromatic N) is 3. The zero-order valence-corrected chi connectivity index (χ0v) is 19.9. The molecule has 0 saturated heterocycles. The molecule has 0 saturated carbocycles. The van der Waals surface area contributed by atoms with Crippen molar-refractivity contribution in [2.24, 2.45) is 0 Å². The highest BCUT2D eigenvalue weighted by Gasteiger charge is 2.30. The number of phenolic OH excluding ortho intramolecular Hbond substituents is 2. The molecule has 2 amide bonds. The lowest BCUT2D eigenvalue weighted by molar-refractivity contribution is -0.114. The molecule has 0 unspecified atom stereocenters. The average molecular weight is 472 g/mol. The van der Waals surface area contributed by atoms with Gasteiger partial charge in [-0.15, -0.1) is 0 Å². The molecule has 35 heavy (non-hydrogen) atoms. The van der Waals surface area contributed by atoms with Crippen LogP contribution in [0.2, 0.25) is 0 Å². The van der Waals surface area contributed by atoms with E-state index in [0.29, 0.717) is 26.2 Å². The second-order valence-corrected chi connectivity index (χ2v) is 8.85. The highest BCUT2D eigenvalue weighted by molar-refractivity contribution is 6.02. The van der Waals surface area contributed by atoms with Crippen LogP contribution in [0.5, 0.6) is 11.5 Å². The summed E-state index contributed by atoms with van der Waals surface area (Å²) in [5, 5.41) is 19.7. The predicted octanol–water partition coefficient (Wildman–Crippen LogP) is 3.90.